The Bertz CT molecular complexity index is 82.2. The average molecular weight is 161 g/mol. The van der Waals surface area contributed by atoms with Gasteiger partial charge in [-0.2, -0.15) is 0 Å². The summed E-state index contributed by atoms with van der Waals surface area (Å²) < 4.78 is 10.7. The van der Waals surface area contributed by atoms with Crippen LogP contribution in [0.2, 0.25) is 0 Å². The minimum absolute atomic E-state index is 0.116. The highest BCUT2D eigenvalue weighted by Crippen LogP contribution is 2.00. The van der Waals surface area contributed by atoms with Crippen LogP contribution in [0.5, 0.6) is 0 Å². The first-order chi connectivity index (χ1) is 5.26. The van der Waals surface area contributed by atoms with E-state index in [1.807, 2.05) is 27.8 Å². The van der Waals surface area contributed by atoms with E-state index < -0.39 is 0 Å². The molecule has 0 bridgehead atoms. The van der Waals surface area contributed by atoms with E-state index >= 15 is 0 Å². The Morgan fingerprint density at radius 1 is 1.18 bits per heavy atom. The van der Waals surface area contributed by atoms with Crippen molar-refractivity contribution in [3.8, 4) is 0 Å². The Labute approximate surface area is 69.1 Å². The molecule has 1 N–H and O–H groups in total. The summed E-state index contributed by atoms with van der Waals surface area (Å²) in [5.74, 6) is 0. The Balaban J connectivity index is 3.66. The number of likely N-dealkylation sites (N-methyl/N-ethyl adjacent to an activating group) is 1. The molecule has 0 aliphatic rings. The van der Waals surface area contributed by atoms with Gasteiger partial charge in [0, 0.05) is 13.2 Å². The number of ether oxygens (including phenoxy) is 2. The highest BCUT2D eigenvalue weighted by atomic mass is 16.7. The molecule has 0 aromatic rings. The van der Waals surface area contributed by atoms with Crippen LogP contribution >= 0.6 is 0 Å². The van der Waals surface area contributed by atoms with Gasteiger partial charge in [-0.1, -0.05) is 0 Å². The molecule has 0 aliphatic carbocycles. The van der Waals surface area contributed by atoms with Crippen LogP contribution in [0.25, 0.3) is 0 Å². The summed E-state index contributed by atoms with van der Waals surface area (Å²) in [6, 6.07) is 0.245. The van der Waals surface area contributed by atoms with E-state index in [1.165, 1.54) is 0 Å². The number of nitrogens with one attached hydrogen (secondary N) is 1. The van der Waals surface area contributed by atoms with Crippen LogP contribution in [0.4, 0.5) is 0 Å². The van der Waals surface area contributed by atoms with Gasteiger partial charge in [0.15, 0.2) is 6.29 Å². The van der Waals surface area contributed by atoms with Crippen molar-refractivity contribution in [3.05, 3.63) is 0 Å². The van der Waals surface area contributed by atoms with Crippen molar-refractivity contribution >= 4 is 0 Å². The van der Waals surface area contributed by atoms with Crippen LogP contribution in [0.1, 0.15) is 20.8 Å². The first-order valence-electron chi connectivity index (χ1n) is 4.16. The summed E-state index contributed by atoms with van der Waals surface area (Å²) in [6.07, 6.45) is -0.116. The van der Waals surface area contributed by atoms with E-state index in [2.05, 4.69) is 5.32 Å². The van der Waals surface area contributed by atoms with Crippen LogP contribution in [0, 0.1) is 0 Å². The van der Waals surface area contributed by atoms with Crippen molar-refractivity contribution in [1.29, 1.82) is 0 Å². The maximum absolute atomic E-state index is 5.35. The first kappa shape index (κ1) is 10.9. The summed E-state index contributed by atoms with van der Waals surface area (Å²) in [7, 11) is 1.90. The molecule has 0 heterocycles. The average Bonchev–Trinajstić information content (AvgIpc) is 2.03. The predicted molar refractivity (Wildman–Crippen MR) is 45.6 cm³/mol. The molecule has 0 fully saturated rings. The van der Waals surface area contributed by atoms with Gasteiger partial charge in [-0.15, -0.1) is 0 Å². The fourth-order valence-corrected chi connectivity index (χ4v) is 0.801. The smallest absolute Gasteiger partial charge is 0.172 e. The Hall–Kier alpha value is -0.120. The van der Waals surface area contributed by atoms with Crippen LogP contribution in [0.15, 0.2) is 0 Å². The van der Waals surface area contributed by atoms with Gasteiger partial charge in [-0.05, 0) is 27.8 Å². The Kier molecular flexibility index (Phi) is 6.51. The molecule has 0 aromatic carbocycles. The number of hydrogen-bond donors (Lipinski definition) is 1. The zero-order valence-electron chi connectivity index (χ0n) is 7.89. The summed E-state index contributed by atoms with van der Waals surface area (Å²) in [5.41, 5.74) is 0. The molecule has 0 spiro atoms. The third-order valence-electron chi connectivity index (χ3n) is 1.53. The second-order valence-electron chi connectivity index (χ2n) is 2.36. The molecule has 68 valence electrons. The SMILES string of the molecule is CCOC(OCC)C(C)NC. The Morgan fingerprint density at radius 2 is 1.64 bits per heavy atom. The Morgan fingerprint density at radius 3 is 1.91 bits per heavy atom. The fraction of sp³-hybridized carbons (Fsp3) is 1.00. The molecule has 0 rings (SSSR count). The standard InChI is InChI=1S/C8H19NO2/c1-5-10-8(11-6-2)7(3)9-4/h7-9H,5-6H2,1-4H3. The minimum atomic E-state index is -0.116. The highest BCUT2D eigenvalue weighted by Gasteiger charge is 2.14. The van der Waals surface area contributed by atoms with Gasteiger partial charge in [0.25, 0.3) is 0 Å². The van der Waals surface area contributed by atoms with E-state index in [9.17, 15) is 0 Å². The van der Waals surface area contributed by atoms with Crippen LogP contribution in [-0.4, -0.2) is 32.6 Å². The summed E-state index contributed by atoms with van der Waals surface area (Å²) in [5, 5.41) is 3.08. The third-order valence-corrected chi connectivity index (χ3v) is 1.53. The molecule has 0 saturated carbocycles. The number of hydrogen-bond acceptors (Lipinski definition) is 3. The van der Waals surface area contributed by atoms with Gasteiger partial charge >= 0.3 is 0 Å². The maximum atomic E-state index is 5.35. The van der Waals surface area contributed by atoms with E-state index in [0.717, 1.165) is 0 Å². The molecule has 1 atom stereocenters. The monoisotopic (exact) mass is 161 g/mol. The molecule has 3 nitrogen and oxygen atoms in total. The van der Waals surface area contributed by atoms with Crippen molar-refractivity contribution in [3.63, 3.8) is 0 Å². The molecule has 0 aliphatic heterocycles. The fourth-order valence-electron chi connectivity index (χ4n) is 0.801. The second kappa shape index (κ2) is 6.58. The van der Waals surface area contributed by atoms with Gasteiger partial charge in [0.05, 0.1) is 6.04 Å². The lowest BCUT2D eigenvalue weighted by atomic mass is 10.3. The second-order valence-corrected chi connectivity index (χ2v) is 2.36. The zero-order valence-corrected chi connectivity index (χ0v) is 7.89. The summed E-state index contributed by atoms with van der Waals surface area (Å²) in [4.78, 5) is 0. The van der Waals surface area contributed by atoms with Crippen molar-refractivity contribution < 1.29 is 9.47 Å². The topological polar surface area (TPSA) is 30.5 Å². The van der Waals surface area contributed by atoms with Crippen LogP contribution < -0.4 is 5.32 Å². The van der Waals surface area contributed by atoms with Crippen molar-refractivity contribution in [2.75, 3.05) is 20.3 Å². The third kappa shape index (κ3) is 4.35. The predicted octanol–water partition coefficient (Wildman–Crippen LogP) is 0.993. The summed E-state index contributed by atoms with van der Waals surface area (Å²) in [6.45, 7) is 7.35. The first-order valence-corrected chi connectivity index (χ1v) is 4.16. The highest BCUT2D eigenvalue weighted by molar-refractivity contribution is 4.61. The molecule has 3 heteroatoms. The maximum Gasteiger partial charge on any atom is 0.172 e. The molecule has 0 radical (unpaired) electrons. The number of rotatable bonds is 6. The molecular formula is C8H19NO2. The van der Waals surface area contributed by atoms with Crippen LogP contribution in [-0.2, 0) is 9.47 Å². The van der Waals surface area contributed by atoms with E-state index in [4.69, 9.17) is 9.47 Å². The van der Waals surface area contributed by atoms with Gasteiger partial charge < -0.3 is 14.8 Å². The van der Waals surface area contributed by atoms with E-state index in [-0.39, 0.29) is 12.3 Å². The molecule has 11 heavy (non-hydrogen) atoms. The van der Waals surface area contributed by atoms with Crippen LogP contribution in [0.3, 0.4) is 0 Å². The summed E-state index contributed by atoms with van der Waals surface area (Å²) >= 11 is 0. The van der Waals surface area contributed by atoms with Crippen molar-refractivity contribution in [1.82, 2.24) is 5.32 Å². The van der Waals surface area contributed by atoms with Gasteiger partial charge in [0.1, 0.15) is 0 Å². The minimum Gasteiger partial charge on any atom is -0.351 e. The lowest BCUT2D eigenvalue weighted by Crippen LogP contribution is -2.38. The van der Waals surface area contributed by atoms with Gasteiger partial charge in [0.2, 0.25) is 0 Å². The molecule has 0 aromatic heterocycles. The molecule has 1 unspecified atom stereocenters. The molecular weight excluding hydrogens is 142 g/mol. The lowest BCUT2D eigenvalue weighted by Gasteiger charge is -2.22. The van der Waals surface area contributed by atoms with E-state index in [0.29, 0.717) is 13.2 Å². The van der Waals surface area contributed by atoms with Gasteiger partial charge in [-0.25, -0.2) is 0 Å². The molecule has 0 amide bonds. The largest absolute Gasteiger partial charge is 0.351 e. The lowest BCUT2D eigenvalue weighted by molar-refractivity contribution is -0.150. The van der Waals surface area contributed by atoms with Crippen molar-refractivity contribution in [2.24, 2.45) is 0 Å². The van der Waals surface area contributed by atoms with E-state index in [1.54, 1.807) is 0 Å². The van der Waals surface area contributed by atoms with Crippen molar-refractivity contribution in [2.45, 2.75) is 33.1 Å². The normalized spacial score (nSPS) is 13.9. The zero-order chi connectivity index (χ0) is 8.69. The molecule has 0 saturated heterocycles. The van der Waals surface area contributed by atoms with Gasteiger partial charge in [-0.3, -0.25) is 0 Å². The quantitative estimate of drug-likeness (QED) is 0.589.